The minimum absolute atomic E-state index is 0.00297. The number of carboxylic acids is 1. The monoisotopic (exact) mass is 281 g/mol. The molecule has 1 N–H and O–H groups in total. The van der Waals surface area contributed by atoms with Crippen molar-refractivity contribution < 1.29 is 14.8 Å². The van der Waals surface area contributed by atoms with Crippen molar-refractivity contribution in [2.75, 3.05) is 11.4 Å². The number of aryl methyl sites for hydroxylation is 1. The van der Waals surface area contributed by atoms with E-state index in [0.29, 0.717) is 24.5 Å². The maximum atomic E-state index is 11.1. The van der Waals surface area contributed by atoms with Crippen LogP contribution in [0.3, 0.4) is 0 Å². The number of anilines is 1. The van der Waals surface area contributed by atoms with E-state index in [1.165, 1.54) is 6.07 Å². The summed E-state index contributed by atoms with van der Waals surface area (Å²) in [6.45, 7) is 5.98. The third-order valence-electron chi connectivity index (χ3n) is 2.88. The fourth-order valence-electron chi connectivity index (χ4n) is 1.90. The van der Waals surface area contributed by atoms with Crippen LogP contribution in [0.4, 0.5) is 11.5 Å². The standard InChI is InChI=1S/C13H19N3O4/c1-9(2)15(8-4-5-12(17)18)13-11(16(19)20)7-6-10(3)14-13/h6-7,9H,4-5,8H2,1-3H3,(H,17,18). The van der Waals surface area contributed by atoms with Gasteiger partial charge in [0.1, 0.15) is 0 Å². The highest BCUT2D eigenvalue weighted by Crippen LogP contribution is 2.27. The number of rotatable bonds is 7. The first-order valence-corrected chi connectivity index (χ1v) is 6.43. The molecule has 0 atom stereocenters. The van der Waals surface area contributed by atoms with Crippen LogP contribution in [-0.4, -0.2) is 33.6 Å². The summed E-state index contributed by atoms with van der Waals surface area (Å²) in [4.78, 5) is 27.2. The number of aliphatic carboxylic acids is 1. The minimum Gasteiger partial charge on any atom is -0.481 e. The molecule has 20 heavy (non-hydrogen) atoms. The van der Waals surface area contributed by atoms with E-state index in [-0.39, 0.29) is 18.2 Å². The molecule has 1 aromatic rings. The molecule has 0 radical (unpaired) electrons. The second kappa shape index (κ2) is 6.83. The van der Waals surface area contributed by atoms with Gasteiger partial charge in [0.25, 0.3) is 0 Å². The second-order valence-electron chi connectivity index (χ2n) is 4.84. The summed E-state index contributed by atoms with van der Waals surface area (Å²) in [5, 5.41) is 19.8. The number of nitrogens with zero attached hydrogens (tertiary/aromatic N) is 3. The largest absolute Gasteiger partial charge is 0.481 e. The maximum Gasteiger partial charge on any atom is 0.311 e. The van der Waals surface area contributed by atoms with Gasteiger partial charge in [0.15, 0.2) is 0 Å². The second-order valence-corrected chi connectivity index (χ2v) is 4.84. The van der Waals surface area contributed by atoms with Crippen molar-refractivity contribution in [2.45, 2.75) is 39.7 Å². The van der Waals surface area contributed by atoms with Crippen LogP contribution >= 0.6 is 0 Å². The molecule has 0 saturated carbocycles. The molecule has 1 rings (SSSR count). The zero-order valence-corrected chi connectivity index (χ0v) is 11.9. The SMILES string of the molecule is Cc1ccc([N+](=O)[O-])c(N(CCCC(=O)O)C(C)C)n1. The number of hydrogen-bond acceptors (Lipinski definition) is 5. The van der Waals surface area contributed by atoms with Crippen LogP contribution in [0.1, 0.15) is 32.4 Å². The molecule has 0 bridgehead atoms. The Balaban J connectivity index is 3.04. The third kappa shape index (κ3) is 4.18. The normalized spacial score (nSPS) is 10.6. The predicted molar refractivity (Wildman–Crippen MR) is 75.0 cm³/mol. The van der Waals surface area contributed by atoms with E-state index < -0.39 is 10.9 Å². The fraction of sp³-hybridized carbons (Fsp3) is 0.538. The number of carbonyl (C=O) groups is 1. The Hall–Kier alpha value is -2.18. The first kappa shape index (κ1) is 15.9. The van der Waals surface area contributed by atoms with Crippen molar-refractivity contribution in [3.8, 4) is 0 Å². The molecule has 1 heterocycles. The summed E-state index contributed by atoms with van der Waals surface area (Å²) in [5.41, 5.74) is 0.633. The zero-order chi connectivity index (χ0) is 15.3. The van der Waals surface area contributed by atoms with Crippen LogP contribution in [-0.2, 0) is 4.79 Å². The van der Waals surface area contributed by atoms with Gasteiger partial charge in [0.2, 0.25) is 5.82 Å². The fourth-order valence-corrected chi connectivity index (χ4v) is 1.90. The number of aromatic nitrogens is 1. The zero-order valence-electron chi connectivity index (χ0n) is 11.9. The molecular weight excluding hydrogens is 262 g/mol. The Morgan fingerprint density at radius 1 is 1.50 bits per heavy atom. The first-order valence-electron chi connectivity index (χ1n) is 6.43. The van der Waals surface area contributed by atoms with Crippen LogP contribution in [0.2, 0.25) is 0 Å². The highest BCUT2D eigenvalue weighted by Gasteiger charge is 2.23. The van der Waals surface area contributed by atoms with E-state index in [1.54, 1.807) is 17.9 Å². The van der Waals surface area contributed by atoms with E-state index in [0.717, 1.165) is 0 Å². The van der Waals surface area contributed by atoms with Crippen molar-refractivity contribution >= 4 is 17.5 Å². The molecule has 0 unspecified atom stereocenters. The Bertz CT molecular complexity index is 502. The van der Waals surface area contributed by atoms with Gasteiger partial charge >= 0.3 is 11.7 Å². The van der Waals surface area contributed by atoms with E-state index in [9.17, 15) is 14.9 Å². The van der Waals surface area contributed by atoms with E-state index >= 15 is 0 Å². The first-order chi connectivity index (χ1) is 9.32. The maximum absolute atomic E-state index is 11.1. The van der Waals surface area contributed by atoms with Crippen molar-refractivity contribution in [3.63, 3.8) is 0 Å². The Labute approximate surface area is 117 Å². The molecule has 0 fully saturated rings. The average Bonchev–Trinajstić information content (AvgIpc) is 2.33. The van der Waals surface area contributed by atoms with Gasteiger partial charge in [-0.15, -0.1) is 0 Å². The smallest absolute Gasteiger partial charge is 0.311 e. The van der Waals surface area contributed by atoms with Crippen molar-refractivity contribution in [2.24, 2.45) is 0 Å². The predicted octanol–water partition coefficient (Wildman–Crippen LogP) is 2.38. The Kier molecular flexibility index (Phi) is 5.42. The molecule has 1 aromatic heterocycles. The van der Waals surface area contributed by atoms with Crippen LogP contribution in [0.5, 0.6) is 0 Å². The van der Waals surface area contributed by atoms with Crippen LogP contribution < -0.4 is 4.90 Å². The molecule has 110 valence electrons. The van der Waals surface area contributed by atoms with E-state index in [1.807, 2.05) is 13.8 Å². The van der Waals surface area contributed by atoms with Gasteiger partial charge in [-0.2, -0.15) is 0 Å². The van der Waals surface area contributed by atoms with Gasteiger partial charge in [0.05, 0.1) is 4.92 Å². The molecule has 0 aliphatic heterocycles. The van der Waals surface area contributed by atoms with Crippen LogP contribution in [0.25, 0.3) is 0 Å². The minimum atomic E-state index is -0.875. The van der Waals surface area contributed by atoms with Gasteiger partial charge in [-0.1, -0.05) is 0 Å². The number of nitro groups is 1. The Morgan fingerprint density at radius 3 is 2.65 bits per heavy atom. The van der Waals surface area contributed by atoms with Crippen molar-refractivity contribution in [1.82, 2.24) is 4.98 Å². The highest BCUT2D eigenvalue weighted by atomic mass is 16.6. The van der Waals surface area contributed by atoms with Crippen LogP contribution in [0.15, 0.2) is 12.1 Å². The molecule has 7 nitrogen and oxygen atoms in total. The van der Waals surface area contributed by atoms with Gasteiger partial charge in [-0.25, -0.2) is 4.98 Å². The quantitative estimate of drug-likeness (QED) is 0.608. The van der Waals surface area contributed by atoms with E-state index in [4.69, 9.17) is 5.11 Å². The summed E-state index contributed by atoms with van der Waals surface area (Å²) in [6, 6.07) is 3.03. The number of pyridine rings is 1. The molecular formula is C13H19N3O4. The molecule has 0 aliphatic rings. The summed E-state index contributed by atoms with van der Waals surface area (Å²) in [6.07, 6.45) is 0.448. The highest BCUT2D eigenvalue weighted by molar-refractivity contribution is 5.66. The summed E-state index contributed by atoms with van der Waals surface area (Å²) in [5.74, 6) is -0.573. The topological polar surface area (TPSA) is 96.6 Å². The van der Waals surface area contributed by atoms with E-state index in [2.05, 4.69) is 4.98 Å². The third-order valence-corrected chi connectivity index (χ3v) is 2.88. The molecule has 0 spiro atoms. The lowest BCUT2D eigenvalue weighted by atomic mass is 10.2. The lowest BCUT2D eigenvalue weighted by Crippen LogP contribution is -2.33. The van der Waals surface area contributed by atoms with Crippen molar-refractivity contribution in [3.05, 3.63) is 27.9 Å². The summed E-state index contributed by atoms with van der Waals surface area (Å²) in [7, 11) is 0. The van der Waals surface area contributed by atoms with Gasteiger partial charge in [0, 0.05) is 30.8 Å². The van der Waals surface area contributed by atoms with Crippen molar-refractivity contribution in [1.29, 1.82) is 0 Å². The lowest BCUT2D eigenvalue weighted by Gasteiger charge is -2.27. The number of hydrogen-bond donors (Lipinski definition) is 1. The number of carboxylic acid groups (broad SMARTS) is 1. The average molecular weight is 281 g/mol. The molecule has 0 aromatic carbocycles. The summed E-state index contributed by atoms with van der Waals surface area (Å²) < 4.78 is 0. The molecule has 0 saturated heterocycles. The molecule has 0 aliphatic carbocycles. The summed E-state index contributed by atoms with van der Waals surface area (Å²) >= 11 is 0. The van der Waals surface area contributed by atoms with Crippen LogP contribution in [0, 0.1) is 17.0 Å². The molecule has 7 heteroatoms. The van der Waals surface area contributed by atoms with Gasteiger partial charge in [-0.3, -0.25) is 14.9 Å². The lowest BCUT2D eigenvalue weighted by molar-refractivity contribution is -0.384. The van der Waals surface area contributed by atoms with Gasteiger partial charge in [-0.05, 0) is 33.3 Å². The molecule has 0 amide bonds. The van der Waals surface area contributed by atoms with Gasteiger partial charge < -0.3 is 10.0 Å². The Morgan fingerprint density at radius 2 is 2.15 bits per heavy atom.